The van der Waals surface area contributed by atoms with Crippen molar-refractivity contribution in [3.63, 3.8) is 0 Å². The highest BCUT2D eigenvalue weighted by Gasteiger charge is 2.41. The molecule has 22 heavy (non-hydrogen) atoms. The molecule has 1 saturated heterocycles. The van der Waals surface area contributed by atoms with Crippen LogP contribution in [0.5, 0.6) is 5.75 Å². The maximum absolute atomic E-state index is 12.7. The smallest absolute Gasteiger partial charge is 0.257 e. The number of anilines is 2. The number of carbonyl (C=O) groups is 1. The van der Waals surface area contributed by atoms with Crippen molar-refractivity contribution in [3.8, 4) is 5.75 Å². The molecule has 112 valence electrons. The predicted molar refractivity (Wildman–Crippen MR) is 85.6 cm³/mol. The summed E-state index contributed by atoms with van der Waals surface area (Å²) in [6.45, 7) is 0.832. The van der Waals surface area contributed by atoms with Crippen LogP contribution in [-0.2, 0) is 0 Å². The Labute approximate surface area is 129 Å². The number of amides is 1. The molecule has 1 atom stereocenters. The van der Waals surface area contributed by atoms with Crippen LogP contribution in [-0.4, -0.2) is 30.6 Å². The average Bonchev–Trinajstić information content (AvgIpc) is 3.05. The van der Waals surface area contributed by atoms with E-state index in [0.717, 1.165) is 42.1 Å². The van der Waals surface area contributed by atoms with Crippen LogP contribution in [0, 0.1) is 0 Å². The molecule has 0 aromatic heterocycles. The Bertz CT molecular complexity index is 714. The predicted octanol–water partition coefficient (Wildman–Crippen LogP) is 3.41. The minimum absolute atomic E-state index is 0.106. The molecule has 2 aliphatic rings. The van der Waals surface area contributed by atoms with E-state index in [0.29, 0.717) is 0 Å². The summed E-state index contributed by atoms with van der Waals surface area (Å²) in [7, 11) is 1.65. The normalized spacial score (nSPS) is 19.9. The number of para-hydroxylation sites is 1. The molecule has 2 aromatic rings. The minimum Gasteiger partial charge on any atom is -0.497 e. The van der Waals surface area contributed by atoms with E-state index in [1.54, 1.807) is 7.11 Å². The monoisotopic (exact) mass is 294 g/mol. The van der Waals surface area contributed by atoms with Gasteiger partial charge in [0.15, 0.2) is 0 Å². The van der Waals surface area contributed by atoms with Crippen LogP contribution in [0.2, 0.25) is 0 Å². The van der Waals surface area contributed by atoms with Crippen LogP contribution in [0.1, 0.15) is 23.2 Å². The third kappa shape index (κ3) is 1.87. The van der Waals surface area contributed by atoms with Crippen LogP contribution in [0.25, 0.3) is 0 Å². The van der Waals surface area contributed by atoms with Gasteiger partial charge in [0.1, 0.15) is 11.9 Å². The minimum atomic E-state index is 0.106. The second kappa shape index (κ2) is 5.05. The fourth-order valence-electron chi connectivity index (χ4n) is 3.49. The van der Waals surface area contributed by atoms with E-state index < -0.39 is 0 Å². The Kier molecular flexibility index (Phi) is 3.03. The van der Waals surface area contributed by atoms with Crippen molar-refractivity contribution in [1.29, 1.82) is 0 Å². The van der Waals surface area contributed by atoms with Crippen molar-refractivity contribution in [3.05, 3.63) is 54.1 Å². The molecule has 0 N–H and O–H groups in total. The zero-order valence-electron chi connectivity index (χ0n) is 12.5. The van der Waals surface area contributed by atoms with Crippen LogP contribution in [0.4, 0.5) is 11.4 Å². The number of hydrogen-bond acceptors (Lipinski definition) is 3. The number of hydrogen-bond donors (Lipinski definition) is 0. The maximum atomic E-state index is 12.7. The van der Waals surface area contributed by atoms with Gasteiger partial charge in [0, 0.05) is 18.3 Å². The number of fused-ring (bicyclic) bond motifs is 2. The lowest BCUT2D eigenvalue weighted by molar-refractivity contribution is 0.0724. The molecule has 1 unspecified atom stereocenters. The molecule has 1 fully saturated rings. The van der Waals surface area contributed by atoms with E-state index in [4.69, 9.17) is 4.74 Å². The Morgan fingerprint density at radius 1 is 1.14 bits per heavy atom. The highest BCUT2D eigenvalue weighted by molar-refractivity contribution is 6.03. The van der Waals surface area contributed by atoms with E-state index in [1.165, 1.54) is 0 Å². The van der Waals surface area contributed by atoms with Gasteiger partial charge in [-0.2, -0.15) is 0 Å². The summed E-state index contributed by atoms with van der Waals surface area (Å²) in [5, 5.41) is 0. The third-order valence-corrected chi connectivity index (χ3v) is 4.51. The highest BCUT2D eigenvalue weighted by Crippen LogP contribution is 2.42. The van der Waals surface area contributed by atoms with Crippen molar-refractivity contribution in [2.75, 3.05) is 18.6 Å². The Balaban J connectivity index is 1.91. The van der Waals surface area contributed by atoms with Crippen LogP contribution < -0.4 is 9.64 Å². The number of nitrogens with zero attached hydrogens (tertiary/aromatic N) is 2. The zero-order chi connectivity index (χ0) is 15.1. The summed E-state index contributed by atoms with van der Waals surface area (Å²) >= 11 is 0. The van der Waals surface area contributed by atoms with Gasteiger partial charge < -0.3 is 14.5 Å². The molecule has 2 aliphatic heterocycles. The van der Waals surface area contributed by atoms with Gasteiger partial charge in [0.05, 0.1) is 18.4 Å². The Morgan fingerprint density at radius 3 is 2.73 bits per heavy atom. The maximum Gasteiger partial charge on any atom is 0.257 e. The molecule has 0 saturated carbocycles. The topological polar surface area (TPSA) is 32.8 Å². The fourth-order valence-corrected chi connectivity index (χ4v) is 3.49. The summed E-state index contributed by atoms with van der Waals surface area (Å²) in [5.41, 5.74) is 2.81. The number of benzene rings is 2. The summed E-state index contributed by atoms with van der Waals surface area (Å²) in [4.78, 5) is 17.0. The first-order chi connectivity index (χ1) is 10.8. The number of ether oxygens (including phenoxy) is 1. The zero-order valence-corrected chi connectivity index (χ0v) is 12.5. The summed E-state index contributed by atoms with van der Waals surface area (Å²) < 4.78 is 5.36. The molecule has 0 radical (unpaired) electrons. The third-order valence-electron chi connectivity index (χ3n) is 4.51. The van der Waals surface area contributed by atoms with Gasteiger partial charge in [-0.05, 0) is 37.1 Å². The van der Waals surface area contributed by atoms with Crippen molar-refractivity contribution < 1.29 is 9.53 Å². The Morgan fingerprint density at radius 2 is 1.95 bits per heavy atom. The number of methoxy groups -OCH3 is 1. The molecule has 4 rings (SSSR count). The largest absolute Gasteiger partial charge is 0.497 e. The molecule has 0 spiro atoms. The van der Waals surface area contributed by atoms with Crippen molar-refractivity contribution in [2.45, 2.75) is 19.0 Å². The van der Waals surface area contributed by atoms with Gasteiger partial charge in [0.2, 0.25) is 0 Å². The summed E-state index contributed by atoms with van der Waals surface area (Å²) in [6, 6.07) is 16.0. The number of rotatable bonds is 2. The lowest BCUT2D eigenvalue weighted by Gasteiger charge is -2.42. The van der Waals surface area contributed by atoms with Gasteiger partial charge in [0.25, 0.3) is 5.91 Å². The molecule has 2 aromatic carbocycles. The summed E-state index contributed by atoms with van der Waals surface area (Å²) in [6.07, 6.45) is 2.15. The highest BCUT2D eigenvalue weighted by atomic mass is 16.5. The lowest BCUT2D eigenvalue weighted by Crippen LogP contribution is -2.49. The molecule has 0 bridgehead atoms. The molecular weight excluding hydrogens is 276 g/mol. The SMILES string of the molecule is COc1ccc2c(c1)N(c1ccccc1)C1CCCN1C2=O. The van der Waals surface area contributed by atoms with E-state index in [1.807, 2.05) is 41.3 Å². The Hall–Kier alpha value is -2.49. The first-order valence-corrected chi connectivity index (χ1v) is 7.63. The molecular formula is C18H18N2O2. The van der Waals surface area contributed by atoms with Gasteiger partial charge in [-0.1, -0.05) is 18.2 Å². The molecule has 0 aliphatic carbocycles. The van der Waals surface area contributed by atoms with Crippen LogP contribution >= 0.6 is 0 Å². The number of carbonyl (C=O) groups excluding carboxylic acids is 1. The second-order valence-corrected chi connectivity index (χ2v) is 5.71. The summed E-state index contributed by atoms with van der Waals surface area (Å²) in [5.74, 6) is 0.909. The first-order valence-electron chi connectivity index (χ1n) is 7.63. The fraction of sp³-hybridized carbons (Fsp3) is 0.278. The quantitative estimate of drug-likeness (QED) is 0.851. The lowest BCUT2D eigenvalue weighted by atomic mass is 10.0. The van der Waals surface area contributed by atoms with Crippen molar-refractivity contribution in [1.82, 2.24) is 4.90 Å². The van der Waals surface area contributed by atoms with Crippen molar-refractivity contribution in [2.24, 2.45) is 0 Å². The van der Waals surface area contributed by atoms with E-state index in [9.17, 15) is 4.79 Å². The van der Waals surface area contributed by atoms with Gasteiger partial charge in [-0.3, -0.25) is 4.79 Å². The molecule has 4 heteroatoms. The molecule has 4 nitrogen and oxygen atoms in total. The molecule has 2 heterocycles. The second-order valence-electron chi connectivity index (χ2n) is 5.71. The standard InChI is InChI=1S/C18H18N2O2/c1-22-14-9-10-15-16(12-14)20(13-6-3-2-4-7-13)17-8-5-11-19(17)18(15)21/h2-4,6-7,9-10,12,17H,5,8,11H2,1H3. The first kappa shape index (κ1) is 13.2. The van der Waals surface area contributed by atoms with Crippen LogP contribution in [0.3, 0.4) is 0 Å². The van der Waals surface area contributed by atoms with Crippen molar-refractivity contribution >= 4 is 17.3 Å². The van der Waals surface area contributed by atoms with Gasteiger partial charge in [-0.15, -0.1) is 0 Å². The molecule has 1 amide bonds. The van der Waals surface area contributed by atoms with E-state index >= 15 is 0 Å². The van der Waals surface area contributed by atoms with E-state index in [2.05, 4.69) is 17.0 Å². The van der Waals surface area contributed by atoms with Gasteiger partial charge >= 0.3 is 0 Å². The van der Waals surface area contributed by atoms with Gasteiger partial charge in [-0.25, -0.2) is 0 Å². The van der Waals surface area contributed by atoms with Crippen LogP contribution in [0.15, 0.2) is 48.5 Å². The average molecular weight is 294 g/mol. The van der Waals surface area contributed by atoms with E-state index in [-0.39, 0.29) is 12.1 Å².